The molecule has 0 aliphatic carbocycles. The molecule has 0 bridgehead atoms. The first-order valence-corrected chi connectivity index (χ1v) is 24.8. The van der Waals surface area contributed by atoms with Gasteiger partial charge in [0.1, 0.15) is 12.6 Å². The Morgan fingerprint density at radius 3 is 1.28 bits per heavy atom. The summed E-state index contributed by atoms with van der Waals surface area (Å²) < 4.78 is 16.7. The third-order valence-corrected chi connectivity index (χ3v) is 11.3. The second-order valence-corrected chi connectivity index (χ2v) is 16.8. The van der Waals surface area contributed by atoms with Crippen LogP contribution in [0.1, 0.15) is 226 Å². The van der Waals surface area contributed by atoms with Gasteiger partial charge < -0.3 is 19.5 Å². The lowest BCUT2D eigenvalue weighted by Crippen LogP contribution is -2.42. The molecule has 338 valence electrons. The van der Waals surface area contributed by atoms with Gasteiger partial charge >= 0.3 is 17.9 Å². The Kier molecular flexibility index (Phi) is 39.8. The van der Waals surface area contributed by atoms with Crippen molar-refractivity contribution in [3.8, 4) is 0 Å². The molecule has 0 spiro atoms. The molecular formula is C50H92N2O6. The molecule has 8 nitrogen and oxygen atoms in total. The number of hydrogen-bond donors (Lipinski definition) is 1. The van der Waals surface area contributed by atoms with Crippen LogP contribution in [0.25, 0.3) is 0 Å². The number of rotatable bonds is 42. The standard InChI is InChI=1S/C50H92N2O6/c1-3-5-7-9-11-13-15-17-19-21-23-25-27-29-31-35-44-56-48(53)38-41-52(43-46-58-50(55)47-37-33-34-40-51-47)42-39-49(54)57-45-36-32-30-28-26-24-22-20-18-16-14-12-10-8-6-4-2/h17-20,47,51H,3-16,21-46H2,1-2H3/b19-17-,20-18-. The quantitative estimate of drug-likeness (QED) is 0.0282. The number of carbonyl (C=O) groups excluding carboxylic acids is 3. The third-order valence-electron chi connectivity index (χ3n) is 11.3. The molecule has 8 heteroatoms. The SMILES string of the molecule is CCCCCCCC/C=C\CCCCCCCCOC(=O)CCN(CCOC(=O)C1CCCCN1)CCC(=O)OCCCCCCCC/C=C\CCCCCCCC. The monoisotopic (exact) mass is 817 g/mol. The smallest absolute Gasteiger partial charge is 0.323 e. The average Bonchev–Trinajstić information content (AvgIpc) is 3.24. The Morgan fingerprint density at radius 2 is 0.879 bits per heavy atom. The fourth-order valence-electron chi connectivity index (χ4n) is 7.48. The molecule has 1 atom stereocenters. The van der Waals surface area contributed by atoms with Gasteiger partial charge in [0.05, 0.1) is 26.1 Å². The highest BCUT2D eigenvalue weighted by molar-refractivity contribution is 5.75. The van der Waals surface area contributed by atoms with Gasteiger partial charge in [0.25, 0.3) is 0 Å². The predicted octanol–water partition coefficient (Wildman–Crippen LogP) is 12.9. The number of esters is 3. The Bertz CT molecular complexity index is 935. The highest BCUT2D eigenvalue weighted by Gasteiger charge is 2.22. The van der Waals surface area contributed by atoms with E-state index >= 15 is 0 Å². The number of unbranched alkanes of at least 4 members (excludes halogenated alkanes) is 24. The summed E-state index contributed by atoms with van der Waals surface area (Å²) in [4.78, 5) is 39.7. The molecule has 0 saturated carbocycles. The Morgan fingerprint density at radius 1 is 0.483 bits per heavy atom. The predicted molar refractivity (Wildman–Crippen MR) is 243 cm³/mol. The molecule has 1 aliphatic rings. The van der Waals surface area contributed by atoms with Crippen LogP contribution >= 0.6 is 0 Å². The Balaban J connectivity index is 2.17. The maximum Gasteiger partial charge on any atom is 0.323 e. The molecule has 1 fully saturated rings. The first kappa shape index (κ1) is 53.8. The van der Waals surface area contributed by atoms with Gasteiger partial charge in [-0.2, -0.15) is 0 Å². The summed E-state index contributed by atoms with van der Waals surface area (Å²) in [6, 6.07) is -0.240. The number of piperidine rings is 1. The van der Waals surface area contributed by atoms with E-state index in [0.717, 1.165) is 51.5 Å². The fourth-order valence-corrected chi connectivity index (χ4v) is 7.48. The molecule has 0 aromatic heterocycles. The number of allylic oxidation sites excluding steroid dienone is 4. The van der Waals surface area contributed by atoms with Gasteiger partial charge in [-0.25, -0.2) is 0 Å². The highest BCUT2D eigenvalue weighted by atomic mass is 16.5. The zero-order chi connectivity index (χ0) is 41.8. The number of ether oxygens (including phenoxy) is 3. The molecular weight excluding hydrogens is 725 g/mol. The average molecular weight is 817 g/mol. The number of carbonyl (C=O) groups is 3. The molecule has 1 unspecified atom stereocenters. The van der Waals surface area contributed by atoms with Crippen molar-refractivity contribution in [2.24, 2.45) is 0 Å². The van der Waals surface area contributed by atoms with Crippen LogP contribution in [0.5, 0.6) is 0 Å². The second kappa shape index (κ2) is 42.9. The first-order valence-electron chi connectivity index (χ1n) is 24.8. The zero-order valence-electron chi connectivity index (χ0n) is 38.1. The van der Waals surface area contributed by atoms with Crippen molar-refractivity contribution in [2.45, 2.75) is 232 Å². The van der Waals surface area contributed by atoms with Crippen LogP contribution in [-0.4, -0.2) is 74.8 Å². The largest absolute Gasteiger partial charge is 0.466 e. The summed E-state index contributed by atoms with van der Waals surface area (Å²) in [6.07, 6.45) is 47.8. The van der Waals surface area contributed by atoms with Crippen LogP contribution < -0.4 is 5.32 Å². The van der Waals surface area contributed by atoms with Crippen LogP contribution in [0.4, 0.5) is 0 Å². The lowest BCUT2D eigenvalue weighted by molar-refractivity contribution is -0.149. The zero-order valence-corrected chi connectivity index (χ0v) is 38.1. The van der Waals surface area contributed by atoms with Crippen LogP contribution in [0, 0.1) is 0 Å². The molecule has 0 aromatic carbocycles. The minimum atomic E-state index is -0.240. The van der Waals surface area contributed by atoms with Gasteiger partial charge in [-0.1, -0.05) is 160 Å². The lowest BCUT2D eigenvalue weighted by Gasteiger charge is -2.24. The minimum absolute atomic E-state index is 0.218. The van der Waals surface area contributed by atoms with Crippen LogP contribution in [0.2, 0.25) is 0 Å². The molecule has 1 N–H and O–H groups in total. The van der Waals surface area contributed by atoms with E-state index in [1.807, 2.05) is 4.90 Å². The number of hydrogen-bond acceptors (Lipinski definition) is 8. The van der Waals surface area contributed by atoms with E-state index in [2.05, 4.69) is 43.5 Å². The maximum atomic E-state index is 12.6. The van der Waals surface area contributed by atoms with Crippen LogP contribution in [0.15, 0.2) is 24.3 Å². The molecule has 1 heterocycles. The second-order valence-electron chi connectivity index (χ2n) is 16.8. The fraction of sp³-hybridized carbons (Fsp3) is 0.860. The normalized spacial score (nSPS) is 14.5. The number of nitrogens with zero attached hydrogens (tertiary/aromatic N) is 1. The van der Waals surface area contributed by atoms with Crippen molar-refractivity contribution in [1.82, 2.24) is 10.2 Å². The summed E-state index contributed by atoms with van der Waals surface area (Å²) in [6.45, 7) is 7.87. The Labute approximate surface area is 357 Å². The van der Waals surface area contributed by atoms with E-state index in [-0.39, 0.29) is 43.4 Å². The Hall–Kier alpha value is -2.19. The summed E-state index contributed by atoms with van der Waals surface area (Å²) >= 11 is 0. The number of nitrogens with one attached hydrogen (secondary N) is 1. The molecule has 0 radical (unpaired) electrons. The minimum Gasteiger partial charge on any atom is -0.466 e. The van der Waals surface area contributed by atoms with Gasteiger partial charge in [0, 0.05) is 19.6 Å². The van der Waals surface area contributed by atoms with Crippen molar-refractivity contribution < 1.29 is 28.6 Å². The van der Waals surface area contributed by atoms with Crippen LogP contribution in [-0.2, 0) is 28.6 Å². The molecule has 1 saturated heterocycles. The van der Waals surface area contributed by atoms with E-state index in [9.17, 15) is 14.4 Å². The lowest BCUT2D eigenvalue weighted by atomic mass is 10.1. The first-order chi connectivity index (χ1) is 28.6. The van der Waals surface area contributed by atoms with Crippen molar-refractivity contribution in [2.75, 3.05) is 46.0 Å². The van der Waals surface area contributed by atoms with Gasteiger partial charge in [-0.15, -0.1) is 0 Å². The van der Waals surface area contributed by atoms with Crippen molar-refractivity contribution in [1.29, 1.82) is 0 Å². The van der Waals surface area contributed by atoms with Crippen LogP contribution in [0.3, 0.4) is 0 Å². The summed E-state index contributed by atoms with van der Waals surface area (Å²) in [7, 11) is 0. The molecule has 1 rings (SSSR count). The summed E-state index contributed by atoms with van der Waals surface area (Å²) in [5.74, 6) is -0.655. The van der Waals surface area contributed by atoms with E-state index in [4.69, 9.17) is 14.2 Å². The molecule has 1 aliphatic heterocycles. The molecule has 58 heavy (non-hydrogen) atoms. The van der Waals surface area contributed by atoms with E-state index in [0.29, 0.717) is 32.8 Å². The topological polar surface area (TPSA) is 94.2 Å². The summed E-state index contributed by atoms with van der Waals surface area (Å²) in [5.41, 5.74) is 0. The van der Waals surface area contributed by atoms with Crippen molar-refractivity contribution in [3.63, 3.8) is 0 Å². The maximum absolute atomic E-state index is 12.6. The van der Waals surface area contributed by atoms with Gasteiger partial charge in [-0.3, -0.25) is 19.3 Å². The van der Waals surface area contributed by atoms with E-state index in [1.54, 1.807) is 0 Å². The molecule has 0 aromatic rings. The van der Waals surface area contributed by atoms with Gasteiger partial charge in [0.2, 0.25) is 0 Å². The van der Waals surface area contributed by atoms with E-state index in [1.165, 1.54) is 154 Å². The third kappa shape index (κ3) is 36.9. The highest BCUT2D eigenvalue weighted by Crippen LogP contribution is 2.13. The van der Waals surface area contributed by atoms with Crippen molar-refractivity contribution in [3.05, 3.63) is 24.3 Å². The molecule has 0 amide bonds. The van der Waals surface area contributed by atoms with Crippen molar-refractivity contribution >= 4 is 17.9 Å². The van der Waals surface area contributed by atoms with E-state index < -0.39 is 0 Å². The van der Waals surface area contributed by atoms with Gasteiger partial charge in [0.15, 0.2) is 0 Å². The van der Waals surface area contributed by atoms with Gasteiger partial charge in [-0.05, 0) is 83.6 Å². The summed E-state index contributed by atoms with van der Waals surface area (Å²) in [5, 5.41) is 3.23.